The Hall–Kier alpha value is -1.06. The first-order valence-corrected chi connectivity index (χ1v) is 6.99. The second-order valence-corrected chi connectivity index (χ2v) is 6.14. The monoisotopic (exact) mass is 264 g/mol. The zero-order valence-electron chi connectivity index (χ0n) is 12.2. The van der Waals surface area contributed by atoms with E-state index in [4.69, 9.17) is 9.47 Å². The summed E-state index contributed by atoms with van der Waals surface area (Å²) in [5.74, 6) is 1.55. The van der Waals surface area contributed by atoms with Gasteiger partial charge in [0, 0.05) is 12.5 Å². The molecule has 0 bridgehead atoms. The van der Waals surface area contributed by atoms with Crippen LogP contribution < -0.4 is 4.74 Å². The van der Waals surface area contributed by atoms with E-state index in [0.717, 1.165) is 12.2 Å². The second-order valence-electron chi connectivity index (χ2n) is 6.14. The van der Waals surface area contributed by atoms with Gasteiger partial charge < -0.3 is 14.6 Å². The van der Waals surface area contributed by atoms with Gasteiger partial charge in [0.2, 0.25) is 0 Å². The van der Waals surface area contributed by atoms with Crippen molar-refractivity contribution >= 4 is 0 Å². The summed E-state index contributed by atoms with van der Waals surface area (Å²) >= 11 is 0. The van der Waals surface area contributed by atoms with Crippen LogP contribution in [0.25, 0.3) is 0 Å². The van der Waals surface area contributed by atoms with E-state index < -0.39 is 6.29 Å². The van der Waals surface area contributed by atoms with Crippen molar-refractivity contribution in [3.05, 3.63) is 29.8 Å². The van der Waals surface area contributed by atoms with Crippen molar-refractivity contribution in [1.29, 1.82) is 0 Å². The normalized spacial score (nSPS) is 24.1. The van der Waals surface area contributed by atoms with Crippen LogP contribution in [-0.2, 0) is 4.74 Å². The molecule has 19 heavy (non-hydrogen) atoms. The number of aliphatic hydroxyl groups is 1. The Bertz CT molecular complexity index is 405. The van der Waals surface area contributed by atoms with Gasteiger partial charge in [-0.15, -0.1) is 0 Å². The zero-order valence-corrected chi connectivity index (χ0v) is 12.2. The van der Waals surface area contributed by atoms with Crippen molar-refractivity contribution in [3.63, 3.8) is 0 Å². The van der Waals surface area contributed by atoms with Crippen molar-refractivity contribution in [2.45, 2.75) is 51.9 Å². The van der Waals surface area contributed by atoms with Gasteiger partial charge in [-0.3, -0.25) is 0 Å². The van der Waals surface area contributed by atoms with E-state index >= 15 is 0 Å². The highest BCUT2D eigenvalue weighted by Crippen LogP contribution is 2.50. The molecule has 1 unspecified atom stereocenters. The standard InChI is InChI=1S/C16H24O3/c1-5-18-15(17)14-10-13(14)11-6-8-12(9-7-11)19-16(2,3)4/h6-9,13-15,17H,5,10H2,1-4H3/t13-,14+,15?/m1/s1. The summed E-state index contributed by atoms with van der Waals surface area (Å²) < 4.78 is 11.0. The molecule has 1 N–H and O–H groups in total. The number of benzene rings is 1. The molecule has 1 aromatic rings. The lowest BCUT2D eigenvalue weighted by Gasteiger charge is -2.21. The van der Waals surface area contributed by atoms with Crippen LogP contribution in [0.15, 0.2) is 24.3 Å². The van der Waals surface area contributed by atoms with E-state index in [-0.39, 0.29) is 11.5 Å². The fourth-order valence-corrected chi connectivity index (χ4v) is 2.34. The van der Waals surface area contributed by atoms with E-state index in [1.165, 1.54) is 5.56 Å². The molecule has 3 nitrogen and oxygen atoms in total. The molecule has 0 aromatic heterocycles. The van der Waals surface area contributed by atoms with Gasteiger partial charge in [-0.1, -0.05) is 12.1 Å². The van der Waals surface area contributed by atoms with Gasteiger partial charge in [0.1, 0.15) is 11.4 Å². The SMILES string of the molecule is CCOC(O)[C@H]1C[C@@H]1c1ccc(OC(C)(C)C)cc1. The maximum absolute atomic E-state index is 9.78. The average molecular weight is 264 g/mol. The topological polar surface area (TPSA) is 38.7 Å². The van der Waals surface area contributed by atoms with Crippen molar-refractivity contribution in [2.24, 2.45) is 5.92 Å². The van der Waals surface area contributed by atoms with Crippen LogP contribution in [0, 0.1) is 5.92 Å². The summed E-state index contributed by atoms with van der Waals surface area (Å²) in [7, 11) is 0. The Morgan fingerprint density at radius 2 is 1.89 bits per heavy atom. The van der Waals surface area contributed by atoms with Crippen LogP contribution >= 0.6 is 0 Å². The number of aliphatic hydroxyl groups excluding tert-OH is 1. The minimum Gasteiger partial charge on any atom is -0.488 e. The molecule has 0 radical (unpaired) electrons. The molecule has 1 aliphatic carbocycles. The average Bonchev–Trinajstić information content (AvgIpc) is 3.08. The second kappa shape index (κ2) is 5.51. The first-order valence-electron chi connectivity index (χ1n) is 6.99. The molecule has 2 rings (SSSR count). The van der Waals surface area contributed by atoms with Crippen molar-refractivity contribution < 1.29 is 14.6 Å². The zero-order chi connectivity index (χ0) is 14.0. The van der Waals surface area contributed by atoms with Crippen LogP contribution in [0.4, 0.5) is 0 Å². The fourth-order valence-electron chi connectivity index (χ4n) is 2.34. The van der Waals surface area contributed by atoms with Gasteiger partial charge in [-0.25, -0.2) is 0 Å². The largest absolute Gasteiger partial charge is 0.488 e. The predicted octanol–water partition coefficient (Wildman–Crippen LogP) is 3.32. The molecule has 0 saturated heterocycles. The van der Waals surface area contributed by atoms with Gasteiger partial charge in [-0.2, -0.15) is 0 Å². The Balaban J connectivity index is 1.94. The molecule has 1 aliphatic rings. The molecule has 0 heterocycles. The van der Waals surface area contributed by atoms with Gasteiger partial charge in [0.05, 0.1) is 0 Å². The number of rotatable bonds is 5. The number of hydrogen-bond donors (Lipinski definition) is 1. The highest BCUT2D eigenvalue weighted by Gasteiger charge is 2.43. The molecule has 3 heteroatoms. The summed E-state index contributed by atoms with van der Waals surface area (Å²) in [6, 6.07) is 8.18. The molecule has 0 amide bonds. The number of hydrogen-bond acceptors (Lipinski definition) is 3. The van der Waals surface area contributed by atoms with E-state index in [9.17, 15) is 5.11 Å². The van der Waals surface area contributed by atoms with Crippen molar-refractivity contribution in [1.82, 2.24) is 0 Å². The Morgan fingerprint density at radius 1 is 1.26 bits per heavy atom. The van der Waals surface area contributed by atoms with E-state index in [0.29, 0.717) is 12.5 Å². The third kappa shape index (κ3) is 3.95. The molecule has 0 aliphatic heterocycles. The molecular formula is C16H24O3. The van der Waals surface area contributed by atoms with Crippen LogP contribution in [0.1, 0.15) is 45.6 Å². The fraction of sp³-hybridized carbons (Fsp3) is 0.625. The van der Waals surface area contributed by atoms with E-state index in [2.05, 4.69) is 12.1 Å². The van der Waals surface area contributed by atoms with Crippen LogP contribution in [0.5, 0.6) is 5.75 Å². The molecule has 106 valence electrons. The summed E-state index contributed by atoms with van der Waals surface area (Å²) in [4.78, 5) is 0. The van der Waals surface area contributed by atoms with Crippen LogP contribution in [0.2, 0.25) is 0 Å². The lowest BCUT2D eigenvalue weighted by molar-refractivity contribution is -0.109. The Kier molecular flexibility index (Phi) is 4.16. The minimum absolute atomic E-state index is 0.172. The molecular weight excluding hydrogens is 240 g/mol. The van der Waals surface area contributed by atoms with Crippen molar-refractivity contribution in [3.8, 4) is 5.75 Å². The lowest BCUT2D eigenvalue weighted by atomic mass is 10.1. The summed E-state index contributed by atoms with van der Waals surface area (Å²) in [5, 5.41) is 9.78. The van der Waals surface area contributed by atoms with Crippen molar-refractivity contribution in [2.75, 3.05) is 6.61 Å². The Labute approximate surface area is 115 Å². The van der Waals surface area contributed by atoms with Gasteiger partial charge in [0.25, 0.3) is 0 Å². The molecule has 1 saturated carbocycles. The molecule has 1 fully saturated rings. The van der Waals surface area contributed by atoms with Crippen LogP contribution in [-0.4, -0.2) is 23.6 Å². The highest BCUT2D eigenvalue weighted by molar-refractivity contribution is 5.33. The third-order valence-corrected chi connectivity index (χ3v) is 3.28. The predicted molar refractivity (Wildman–Crippen MR) is 75.3 cm³/mol. The third-order valence-electron chi connectivity index (χ3n) is 3.28. The molecule has 1 aromatic carbocycles. The summed E-state index contributed by atoms with van der Waals surface area (Å²) in [5.41, 5.74) is 1.08. The smallest absolute Gasteiger partial charge is 0.157 e. The first kappa shape index (κ1) is 14.4. The molecule has 3 atom stereocenters. The molecule has 0 spiro atoms. The van der Waals surface area contributed by atoms with Gasteiger partial charge in [-0.05, 0) is 57.7 Å². The lowest BCUT2D eigenvalue weighted by Crippen LogP contribution is -2.22. The summed E-state index contributed by atoms with van der Waals surface area (Å²) in [6.45, 7) is 8.57. The van der Waals surface area contributed by atoms with E-state index in [1.54, 1.807) is 0 Å². The quantitative estimate of drug-likeness (QED) is 0.829. The van der Waals surface area contributed by atoms with Gasteiger partial charge in [0.15, 0.2) is 6.29 Å². The maximum Gasteiger partial charge on any atom is 0.157 e. The maximum atomic E-state index is 9.78. The minimum atomic E-state index is -0.625. The van der Waals surface area contributed by atoms with Crippen LogP contribution in [0.3, 0.4) is 0 Å². The highest BCUT2D eigenvalue weighted by atomic mass is 16.6. The number of ether oxygens (including phenoxy) is 2. The first-order chi connectivity index (χ1) is 8.90. The van der Waals surface area contributed by atoms with E-state index in [1.807, 2.05) is 39.8 Å². The Morgan fingerprint density at radius 3 is 2.42 bits per heavy atom. The van der Waals surface area contributed by atoms with Gasteiger partial charge >= 0.3 is 0 Å². The summed E-state index contributed by atoms with van der Waals surface area (Å²) in [6.07, 6.45) is 0.376.